The van der Waals surface area contributed by atoms with Gasteiger partial charge >= 0.3 is 6.09 Å². The molecule has 2 aliphatic rings. The molecule has 0 bridgehead atoms. The maximum absolute atomic E-state index is 12.7. The first-order valence-corrected chi connectivity index (χ1v) is 9.10. The molecule has 140 valence electrons. The van der Waals surface area contributed by atoms with Crippen LogP contribution in [0.3, 0.4) is 0 Å². The van der Waals surface area contributed by atoms with Crippen LogP contribution in [0.15, 0.2) is 54.6 Å². The van der Waals surface area contributed by atoms with Gasteiger partial charge in [0.15, 0.2) is 0 Å². The molecule has 2 heterocycles. The molecule has 2 amide bonds. The van der Waals surface area contributed by atoms with Crippen LogP contribution in [-0.4, -0.2) is 60.7 Å². The van der Waals surface area contributed by atoms with Crippen molar-refractivity contribution in [3.63, 3.8) is 0 Å². The van der Waals surface area contributed by atoms with Gasteiger partial charge in [0.05, 0.1) is 19.7 Å². The van der Waals surface area contributed by atoms with Crippen molar-refractivity contribution >= 4 is 12.0 Å². The van der Waals surface area contributed by atoms with Crippen LogP contribution in [0, 0.1) is 0 Å². The Morgan fingerprint density at radius 3 is 2.56 bits per heavy atom. The van der Waals surface area contributed by atoms with Crippen LogP contribution in [0.25, 0.3) is 0 Å². The van der Waals surface area contributed by atoms with Gasteiger partial charge in [0.25, 0.3) is 5.91 Å². The van der Waals surface area contributed by atoms with E-state index in [-0.39, 0.29) is 24.1 Å². The summed E-state index contributed by atoms with van der Waals surface area (Å²) < 4.78 is 10.7. The van der Waals surface area contributed by atoms with Crippen molar-refractivity contribution in [3.05, 3.63) is 65.7 Å². The number of rotatable bonds is 5. The highest BCUT2D eigenvalue weighted by molar-refractivity contribution is 5.94. The first-order chi connectivity index (χ1) is 13.2. The second-order valence-electron chi connectivity index (χ2n) is 6.86. The smallest absolute Gasteiger partial charge is 0.410 e. The zero-order chi connectivity index (χ0) is 18.8. The van der Waals surface area contributed by atoms with Crippen LogP contribution in [0.4, 0.5) is 4.79 Å². The first kappa shape index (κ1) is 17.4. The van der Waals surface area contributed by atoms with E-state index in [0.717, 1.165) is 17.7 Å². The lowest BCUT2D eigenvalue weighted by molar-refractivity contribution is 0.0728. The predicted molar refractivity (Wildman–Crippen MR) is 99.8 cm³/mol. The molecule has 2 atom stereocenters. The molecule has 0 aliphatic carbocycles. The van der Waals surface area contributed by atoms with Gasteiger partial charge < -0.3 is 14.4 Å². The third-order valence-electron chi connectivity index (χ3n) is 5.23. The van der Waals surface area contributed by atoms with Crippen LogP contribution >= 0.6 is 0 Å². The Bertz CT molecular complexity index is 822. The molecule has 6 heteroatoms. The molecule has 0 aromatic heterocycles. The average Bonchev–Trinajstić information content (AvgIpc) is 3.24. The Balaban J connectivity index is 1.39. The minimum atomic E-state index is -0.287. The maximum Gasteiger partial charge on any atom is 0.410 e. The number of carbonyl (C=O) groups excluding carboxylic acids is 2. The summed E-state index contributed by atoms with van der Waals surface area (Å²) in [5.74, 6) is 0.793. The van der Waals surface area contributed by atoms with Crippen LogP contribution < -0.4 is 4.74 Å². The fraction of sp³-hybridized carbons (Fsp3) is 0.333. The normalized spacial score (nSPS) is 21.1. The highest BCUT2D eigenvalue weighted by atomic mass is 16.6. The number of benzene rings is 2. The van der Waals surface area contributed by atoms with Gasteiger partial charge in [-0.1, -0.05) is 30.3 Å². The number of likely N-dealkylation sites (tertiary alicyclic amines) is 1. The lowest BCUT2D eigenvalue weighted by Crippen LogP contribution is -2.40. The Labute approximate surface area is 158 Å². The van der Waals surface area contributed by atoms with Gasteiger partial charge in [0.1, 0.15) is 11.9 Å². The summed E-state index contributed by atoms with van der Waals surface area (Å²) in [6, 6.07) is 17.0. The van der Waals surface area contributed by atoms with Gasteiger partial charge in [-0.3, -0.25) is 9.69 Å². The largest absolute Gasteiger partial charge is 0.497 e. The van der Waals surface area contributed by atoms with Crippen molar-refractivity contribution in [2.45, 2.75) is 18.6 Å². The topological polar surface area (TPSA) is 59.1 Å². The van der Waals surface area contributed by atoms with Gasteiger partial charge in [0, 0.05) is 18.7 Å². The van der Waals surface area contributed by atoms with E-state index in [1.807, 2.05) is 54.6 Å². The van der Waals surface area contributed by atoms with Gasteiger partial charge in [-0.05, 0) is 36.2 Å². The van der Waals surface area contributed by atoms with Gasteiger partial charge in [0.2, 0.25) is 0 Å². The van der Waals surface area contributed by atoms with E-state index in [4.69, 9.17) is 9.47 Å². The molecule has 27 heavy (non-hydrogen) atoms. The Hall–Kier alpha value is -3.02. The zero-order valence-corrected chi connectivity index (χ0v) is 15.2. The lowest BCUT2D eigenvalue weighted by Gasteiger charge is -2.22. The monoisotopic (exact) mass is 366 g/mol. The van der Waals surface area contributed by atoms with E-state index in [1.165, 1.54) is 0 Å². The van der Waals surface area contributed by atoms with E-state index in [0.29, 0.717) is 25.2 Å². The molecule has 6 nitrogen and oxygen atoms in total. The van der Waals surface area contributed by atoms with Gasteiger partial charge in [-0.15, -0.1) is 0 Å². The Kier molecular flexibility index (Phi) is 4.71. The van der Waals surface area contributed by atoms with Gasteiger partial charge in [-0.25, -0.2) is 4.79 Å². The molecule has 0 N–H and O–H groups in total. The molecule has 0 saturated carbocycles. The molecular weight excluding hydrogens is 344 g/mol. The lowest BCUT2D eigenvalue weighted by atomic mass is 10.1. The molecule has 4 rings (SSSR count). The van der Waals surface area contributed by atoms with Crippen LogP contribution in [0.1, 0.15) is 15.9 Å². The summed E-state index contributed by atoms with van der Waals surface area (Å²) in [4.78, 5) is 28.4. The number of hydrogen-bond donors (Lipinski definition) is 0. The summed E-state index contributed by atoms with van der Waals surface area (Å²) in [7, 11) is 1.64. The van der Waals surface area contributed by atoms with E-state index in [1.54, 1.807) is 16.9 Å². The van der Waals surface area contributed by atoms with Crippen molar-refractivity contribution in [1.82, 2.24) is 9.80 Å². The molecule has 2 fully saturated rings. The molecule has 2 aliphatic heterocycles. The number of hydrogen-bond acceptors (Lipinski definition) is 4. The van der Waals surface area contributed by atoms with Crippen LogP contribution in [-0.2, 0) is 11.2 Å². The quantitative estimate of drug-likeness (QED) is 0.816. The molecular formula is C21H22N2O4. The third kappa shape index (κ3) is 3.47. The highest BCUT2D eigenvalue weighted by Crippen LogP contribution is 2.28. The second-order valence-corrected chi connectivity index (χ2v) is 6.86. The third-order valence-corrected chi connectivity index (χ3v) is 5.23. The average molecular weight is 366 g/mol. The highest BCUT2D eigenvalue weighted by Gasteiger charge is 2.48. The SMILES string of the molecule is COc1ccc(CCN2C(=O)O[C@@H]3CN(C(=O)c4ccccc4)C[C@@H]32)cc1. The molecule has 0 unspecified atom stereocenters. The zero-order valence-electron chi connectivity index (χ0n) is 15.2. The maximum atomic E-state index is 12.7. The van der Waals surface area contributed by atoms with Crippen molar-refractivity contribution in [2.75, 3.05) is 26.7 Å². The minimum absolute atomic E-state index is 0.0175. The standard InChI is InChI=1S/C21H22N2O4/c1-26-17-9-7-15(8-10-17)11-12-23-18-13-22(14-19(18)27-21(23)25)20(24)16-5-3-2-4-6-16/h2-10,18-19H,11-14H2,1H3/t18-,19+/m0/s1. The second kappa shape index (κ2) is 7.31. The van der Waals surface area contributed by atoms with Crippen LogP contribution in [0.2, 0.25) is 0 Å². The number of ether oxygens (including phenoxy) is 2. The summed E-state index contributed by atoms with van der Waals surface area (Å²) >= 11 is 0. The fourth-order valence-electron chi connectivity index (χ4n) is 3.73. The van der Waals surface area contributed by atoms with Gasteiger partial charge in [-0.2, -0.15) is 0 Å². The summed E-state index contributed by atoms with van der Waals surface area (Å²) in [5, 5.41) is 0. The van der Waals surface area contributed by atoms with E-state index in [9.17, 15) is 9.59 Å². The predicted octanol–water partition coefficient (Wildman–Crippen LogP) is 2.58. The number of nitrogens with zero attached hydrogens (tertiary/aromatic N) is 2. The molecule has 2 aromatic rings. The summed E-state index contributed by atoms with van der Waals surface area (Å²) in [6.07, 6.45) is 0.195. The number of fused-ring (bicyclic) bond motifs is 1. The molecule has 2 saturated heterocycles. The summed E-state index contributed by atoms with van der Waals surface area (Å²) in [6.45, 7) is 1.52. The van der Waals surface area contributed by atoms with Crippen LogP contribution in [0.5, 0.6) is 5.75 Å². The molecule has 2 aromatic carbocycles. The van der Waals surface area contributed by atoms with Crippen molar-refractivity contribution < 1.29 is 19.1 Å². The van der Waals surface area contributed by atoms with Crippen molar-refractivity contribution in [3.8, 4) is 5.75 Å². The van der Waals surface area contributed by atoms with Crippen molar-refractivity contribution in [2.24, 2.45) is 0 Å². The number of amides is 2. The number of methoxy groups -OCH3 is 1. The van der Waals surface area contributed by atoms with E-state index >= 15 is 0 Å². The molecule has 0 radical (unpaired) electrons. The summed E-state index contributed by atoms with van der Waals surface area (Å²) in [5.41, 5.74) is 1.79. The van der Waals surface area contributed by atoms with E-state index < -0.39 is 0 Å². The Morgan fingerprint density at radius 2 is 1.85 bits per heavy atom. The molecule has 0 spiro atoms. The first-order valence-electron chi connectivity index (χ1n) is 9.10. The Morgan fingerprint density at radius 1 is 1.11 bits per heavy atom. The fourth-order valence-corrected chi connectivity index (χ4v) is 3.73. The van der Waals surface area contributed by atoms with Crippen molar-refractivity contribution in [1.29, 1.82) is 0 Å². The number of carbonyl (C=O) groups is 2. The van der Waals surface area contributed by atoms with E-state index in [2.05, 4.69) is 0 Å². The minimum Gasteiger partial charge on any atom is -0.497 e.